The number of carbonyl (C=O) groups is 1. The Balaban J connectivity index is 1.85. The maximum Gasteiger partial charge on any atom is 0.267 e. The van der Waals surface area contributed by atoms with Gasteiger partial charge in [0, 0.05) is 25.4 Å². The summed E-state index contributed by atoms with van der Waals surface area (Å²) in [5.41, 5.74) is -0.0735. The zero-order valence-electron chi connectivity index (χ0n) is 10.6. The number of nitrogens with one attached hydrogen (secondary N) is 2. The minimum atomic E-state index is -0.321. The Kier molecular flexibility index (Phi) is 4.93. The third-order valence-electron chi connectivity index (χ3n) is 3.16. The highest BCUT2D eigenvalue weighted by Crippen LogP contribution is 2.06. The second kappa shape index (κ2) is 6.68. The number of nitrogens with zero attached hydrogens (tertiary/aromatic N) is 1. The predicted molar refractivity (Wildman–Crippen MR) is 75.4 cm³/mol. The largest absolute Gasteiger partial charge is 0.475 e. The molecule has 0 aromatic carbocycles. The van der Waals surface area contributed by atoms with Crippen molar-refractivity contribution >= 4 is 15.4 Å². The molecule has 0 bridgehead atoms. The van der Waals surface area contributed by atoms with Gasteiger partial charge in [0.15, 0.2) is 5.75 Å². The summed E-state index contributed by atoms with van der Waals surface area (Å²) in [6.45, 7) is 3.64. The van der Waals surface area contributed by atoms with Crippen LogP contribution in [0.25, 0.3) is 0 Å². The molecule has 2 heterocycles. The quantitative estimate of drug-likeness (QED) is 0.766. The van der Waals surface area contributed by atoms with Crippen molar-refractivity contribution in [3.8, 4) is 5.75 Å². The molecule has 0 aliphatic carbocycles. The van der Waals surface area contributed by atoms with Crippen LogP contribution in [0.3, 0.4) is 0 Å². The summed E-state index contributed by atoms with van der Waals surface area (Å²) in [5, 5.41) is 2.79. The van der Waals surface area contributed by atoms with E-state index in [2.05, 4.69) is 15.2 Å². The lowest BCUT2D eigenvalue weighted by Gasteiger charge is -2.14. The molecule has 1 atom stereocenters. The summed E-state index contributed by atoms with van der Waals surface area (Å²) in [6.07, 6.45) is 3.85. The minimum Gasteiger partial charge on any atom is -0.475 e. The summed E-state index contributed by atoms with van der Waals surface area (Å²) in [6, 6.07) is 1.24. The third-order valence-corrected chi connectivity index (χ3v) is 3.41. The van der Waals surface area contributed by atoms with Crippen LogP contribution >= 0.6 is 9.47 Å². The molecule has 7 heteroatoms. The smallest absolute Gasteiger partial charge is 0.267 e. The van der Waals surface area contributed by atoms with Crippen molar-refractivity contribution < 1.29 is 9.32 Å². The zero-order chi connectivity index (χ0) is 13.7. The van der Waals surface area contributed by atoms with E-state index in [4.69, 9.17) is 4.52 Å². The average molecular weight is 283 g/mol. The van der Waals surface area contributed by atoms with Gasteiger partial charge in [0.1, 0.15) is 5.69 Å². The van der Waals surface area contributed by atoms with Crippen molar-refractivity contribution in [2.75, 3.05) is 26.2 Å². The lowest BCUT2D eigenvalue weighted by atomic mass is 10.3. The van der Waals surface area contributed by atoms with Gasteiger partial charge in [-0.3, -0.25) is 9.59 Å². The van der Waals surface area contributed by atoms with Crippen LogP contribution in [0, 0.1) is 0 Å². The highest BCUT2D eigenvalue weighted by atomic mass is 31.0. The number of pyridine rings is 1. The number of likely N-dealkylation sites (tertiary alicyclic amines) is 1. The monoisotopic (exact) mass is 283 g/mol. The lowest BCUT2D eigenvalue weighted by Crippen LogP contribution is -2.34. The number of H-pyrrole nitrogens is 1. The van der Waals surface area contributed by atoms with Gasteiger partial charge in [-0.25, -0.2) is 0 Å². The van der Waals surface area contributed by atoms with Crippen LogP contribution in [0.15, 0.2) is 17.1 Å². The van der Waals surface area contributed by atoms with Gasteiger partial charge in [0.05, 0.1) is 9.47 Å². The van der Waals surface area contributed by atoms with Gasteiger partial charge < -0.3 is 19.7 Å². The van der Waals surface area contributed by atoms with Crippen molar-refractivity contribution in [1.82, 2.24) is 15.2 Å². The molecule has 19 heavy (non-hydrogen) atoms. The van der Waals surface area contributed by atoms with Crippen LogP contribution in [0.2, 0.25) is 0 Å². The van der Waals surface area contributed by atoms with Crippen molar-refractivity contribution in [3.05, 3.63) is 28.2 Å². The van der Waals surface area contributed by atoms with E-state index in [0.29, 0.717) is 6.54 Å². The highest BCUT2D eigenvalue weighted by molar-refractivity contribution is 7.10. The fraction of sp³-hybridized carbons (Fsp3) is 0.500. The molecule has 1 aliphatic rings. The molecule has 1 aliphatic heterocycles. The zero-order valence-corrected chi connectivity index (χ0v) is 11.8. The summed E-state index contributed by atoms with van der Waals surface area (Å²) >= 11 is 0. The molecular weight excluding hydrogens is 265 g/mol. The van der Waals surface area contributed by atoms with Crippen LogP contribution < -0.4 is 15.3 Å². The maximum atomic E-state index is 11.8. The van der Waals surface area contributed by atoms with Gasteiger partial charge in [-0.05, 0) is 25.9 Å². The first-order valence-electron chi connectivity index (χ1n) is 6.31. The van der Waals surface area contributed by atoms with Crippen molar-refractivity contribution in [2.24, 2.45) is 0 Å². The number of carbonyl (C=O) groups excluding carboxylic acids is 1. The SMILES string of the molecule is O=C(NCCN1CCCC1)c1cc(=O)c(OP)c[nH]1. The van der Waals surface area contributed by atoms with Crippen LogP contribution in [0.1, 0.15) is 23.3 Å². The lowest BCUT2D eigenvalue weighted by molar-refractivity contribution is 0.0944. The Morgan fingerprint density at radius 1 is 1.47 bits per heavy atom. The molecule has 1 aromatic heterocycles. The molecule has 1 aromatic rings. The predicted octanol–water partition coefficient (Wildman–Crippen LogP) is 0.369. The molecule has 6 nitrogen and oxygen atoms in total. The molecule has 104 valence electrons. The number of hydrogen-bond acceptors (Lipinski definition) is 4. The van der Waals surface area contributed by atoms with E-state index in [-0.39, 0.29) is 22.8 Å². The molecule has 0 spiro atoms. The van der Waals surface area contributed by atoms with Gasteiger partial charge >= 0.3 is 0 Å². The van der Waals surface area contributed by atoms with Gasteiger partial charge in [-0.15, -0.1) is 0 Å². The maximum absolute atomic E-state index is 11.8. The number of hydrogen-bond donors (Lipinski definition) is 2. The average Bonchev–Trinajstić information content (AvgIpc) is 2.91. The minimum absolute atomic E-state index is 0.165. The number of amides is 1. The van der Waals surface area contributed by atoms with E-state index in [0.717, 1.165) is 19.6 Å². The van der Waals surface area contributed by atoms with Gasteiger partial charge in [-0.1, -0.05) is 0 Å². The molecule has 0 radical (unpaired) electrons. The molecule has 2 N–H and O–H groups in total. The Hall–Kier alpha value is -1.39. The Labute approximate surface area is 113 Å². The molecule has 1 unspecified atom stereocenters. The van der Waals surface area contributed by atoms with Crippen LogP contribution in [0.4, 0.5) is 0 Å². The Bertz CT molecular complexity index is 497. The van der Waals surface area contributed by atoms with Crippen LogP contribution in [-0.2, 0) is 0 Å². The van der Waals surface area contributed by atoms with Crippen molar-refractivity contribution in [2.45, 2.75) is 12.8 Å². The molecule has 2 rings (SSSR count). The Morgan fingerprint density at radius 3 is 2.84 bits per heavy atom. The van der Waals surface area contributed by atoms with Crippen LogP contribution in [0.5, 0.6) is 5.75 Å². The van der Waals surface area contributed by atoms with E-state index in [1.807, 2.05) is 9.47 Å². The van der Waals surface area contributed by atoms with E-state index in [1.54, 1.807) is 0 Å². The van der Waals surface area contributed by atoms with E-state index in [1.165, 1.54) is 25.1 Å². The fourth-order valence-corrected chi connectivity index (χ4v) is 2.29. The topological polar surface area (TPSA) is 74.4 Å². The standard InChI is InChI=1S/C12H18N3O3P/c16-10-7-9(14-8-11(10)18-19)12(17)13-3-6-15-4-1-2-5-15/h7-8H,1-6,19H2,(H,13,17)(H,14,16). The summed E-state index contributed by atoms with van der Waals surface area (Å²) in [5.74, 6) is -0.106. The molecular formula is C12H18N3O3P. The normalized spacial score (nSPS) is 15.4. The third kappa shape index (κ3) is 3.78. The van der Waals surface area contributed by atoms with Gasteiger partial charge in [-0.2, -0.15) is 0 Å². The fourth-order valence-electron chi connectivity index (χ4n) is 2.11. The van der Waals surface area contributed by atoms with Gasteiger partial charge in [0.25, 0.3) is 5.91 Å². The van der Waals surface area contributed by atoms with Crippen molar-refractivity contribution in [1.29, 1.82) is 0 Å². The van der Waals surface area contributed by atoms with E-state index in [9.17, 15) is 9.59 Å². The van der Waals surface area contributed by atoms with Crippen LogP contribution in [-0.4, -0.2) is 42.0 Å². The Morgan fingerprint density at radius 2 is 2.21 bits per heavy atom. The van der Waals surface area contributed by atoms with E-state index >= 15 is 0 Å². The molecule has 1 saturated heterocycles. The van der Waals surface area contributed by atoms with Crippen molar-refractivity contribution in [3.63, 3.8) is 0 Å². The second-order valence-corrected chi connectivity index (χ2v) is 4.73. The summed E-state index contributed by atoms with van der Waals surface area (Å²) in [4.78, 5) is 28.4. The number of rotatable bonds is 5. The van der Waals surface area contributed by atoms with E-state index < -0.39 is 0 Å². The molecule has 0 saturated carbocycles. The summed E-state index contributed by atoms with van der Waals surface area (Å²) < 4.78 is 4.76. The second-order valence-electron chi connectivity index (χ2n) is 4.50. The summed E-state index contributed by atoms with van der Waals surface area (Å²) in [7, 11) is 2.00. The molecule has 1 fully saturated rings. The molecule has 1 amide bonds. The van der Waals surface area contributed by atoms with Gasteiger partial charge in [0.2, 0.25) is 5.43 Å². The first-order chi connectivity index (χ1) is 9.20. The highest BCUT2D eigenvalue weighted by Gasteiger charge is 2.12. The number of aromatic amines is 1. The first-order valence-corrected chi connectivity index (χ1v) is 6.78. The first kappa shape index (κ1) is 14.0. The number of aromatic nitrogens is 1.